The molecule has 2 rings (SSSR count). The predicted molar refractivity (Wildman–Crippen MR) is 118 cm³/mol. The van der Waals surface area contributed by atoms with E-state index in [1.54, 1.807) is 50.2 Å². The van der Waals surface area contributed by atoms with Gasteiger partial charge in [-0.2, -0.15) is 0 Å². The van der Waals surface area contributed by atoms with Crippen LogP contribution >= 0.6 is 35.0 Å². The van der Waals surface area contributed by atoms with Gasteiger partial charge in [0.2, 0.25) is 11.8 Å². The number of nitrogens with one attached hydrogen (secondary N) is 1. The lowest BCUT2D eigenvalue weighted by atomic mass is 10.1. The minimum absolute atomic E-state index is 0.0111. The second-order valence-electron chi connectivity index (χ2n) is 6.38. The number of carbonyl (C=O) groups excluding carboxylic acids is 2. The largest absolute Gasteiger partial charge is 0.355 e. The van der Waals surface area contributed by atoms with Crippen molar-refractivity contribution in [2.45, 2.75) is 32.2 Å². The molecule has 0 saturated heterocycles. The summed E-state index contributed by atoms with van der Waals surface area (Å²) in [6.45, 7) is 3.90. The fourth-order valence-electron chi connectivity index (χ4n) is 2.71. The van der Waals surface area contributed by atoms with Crippen molar-refractivity contribution in [1.82, 2.24) is 10.2 Å². The van der Waals surface area contributed by atoms with Gasteiger partial charge in [0, 0.05) is 34.5 Å². The SMILES string of the molecule is CCNC(=O)[C@@H](C)N(Cc1ccccc1F)C(=O)CSCc1c(Cl)cccc1Cl. The highest BCUT2D eigenvalue weighted by atomic mass is 35.5. The highest BCUT2D eigenvalue weighted by Gasteiger charge is 2.26. The molecule has 2 aromatic carbocycles. The lowest BCUT2D eigenvalue weighted by Crippen LogP contribution is -2.48. The zero-order valence-electron chi connectivity index (χ0n) is 16.3. The summed E-state index contributed by atoms with van der Waals surface area (Å²) in [7, 11) is 0. The topological polar surface area (TPSA) is 49.4 Å². The van der Waals surface area contributed by atoms with Gasteiger partial charge < -0.3 is 10.2 Å². The van der Waals surface area contributed by atoms with Gasteiger partial charge in [0.15, 0.2) is 0 Å². The molecule has 8 heteroatoms. The standard InChI is InChI=1S/C21H23Cl2FN2O2S/c1-3-25-21(28)14(2)26(11-15-7-4-5-10-19(15)24)20(27)13-29-12-16-17(22)8-6-9-18(16)23/h4-10,14H,3,11-13H2,1-2H3,(H,25,28)/t14-/m1/s1. The minimum atomic E-state index is -0.730. The molecule has 0 aromatic heterocycles. The van der Waals surface area contributed by atoms with E-state index in [4.69, 9.17) is 23.2 Å². The second-order valence-corrected chi connectivity index (χ2v) is 8.18. The Morgan fingerprint density at radius 1 is 1.14 bits per heavy atom. The molecule has 1 N–H and O–H groups in total. The molecule has 0 spiro atoms. The molecule has 0 bridgehead atoms. The van der Waals surface area contributed by atoms with E-state index in [0.29, 0.717) is 27.9 Å². The third-order valence-corrected chi connectivity index (χ3v) is 6.00. The summed E-state index contributed by atoms with van der Waals surface area (Å²) in [5.74, 6) is -0.395. The number of amides is 2. The Bertz CT molecular complexity index is 846. The molecule has 2 aromatic rings. The normalized spacial score (nSPS) is 11.8. The first kappa shape index (κ1) is 23.5. The van der Waals surface area contributed by atoms with Gasteiger partial charge in [-0.15, -0.1) is 11.8 Å². The van der Waals surface area contributed by atoms with Crippen LogP contribution in [0.3, 0.4) is 0 Å². The Morgan fingerprint density at radius 2 is 1.79 bits per heavy atom. The first-order valence-electron chi connectivity index (χ1n) is 9.16. The smallest absolute Gasteiger partial charge is 0.242 e. The van der Waals surface area contributed by atoms with Crippen molar-refractivity contribution in [3.63, 3.8) is 0 Å². The molecule has 4 nitrogen and oxygen atoms in total. The lowest BCUT2D eigenvalue weighted by molar-refractivity contribution is -0.138. The molecule has 0 saturated carbocycles. The molecule has 1 atom stereocenters. The zero-order chi connectivity index (χ0) is 21.4. The van der Waals surface area contributed by atoms with Crippen LogP contribution in [0.4, 0.5) is 4.39 Å². The molecular formula is C21H23Cl2FN2O2S. The number of rotatable bonds is 9. The van der Waals surface area contributed by atoms with Crippen LogP contribution in [0.2, 0.25) is 10.0 Å². The molecule has 0 unspecified atom stereocenters. The minimum Gasteiger partial charge on any atom is -0.355 e. The van der Waals surface area contributed by atoms with Crippen LogP contribution < -0.4 is 5.32 Å². The van der Waals surface area contributed by atoms with Gasteiger partial charge in [-0.25, -0.2) is 4.39 Å². The van der Waals surface area contributed by atoms with Gasteiger partial charge in [-0.3, -0.25) is 9.59 Å². The maximum Gasteiger partial charge on any atom is 0.242 e. The summed E-state index contributed by atoms with van der Waals surface area (Å²) in [6, 6.07) is 10.7. The zero-order valence-corrected chi connectivity index (χ0v) is 18.6. The van der Waals surface area contributed by atoms with Crippen molar-refractivity contribution in [2.75, 3.05) is 12.3 Å². The van der Waals surface area contributed by atoms with Gasteiger partial charge in [-0.05, 0) is 37.6 Å². The monoisotopic (exact) mass is 456 g/mol. The second kappa shape index (κ2) is 11.4. The molecule has 29 heavy (non-hydrogen) atoms. The van der Waals surface area contributed by atoms with Crippen LogP contribution in [0.15, 0.2) is 42.5 Å². The van der Waals surface area contributed by atoms with Gasteiger partial charge in [0.25, 0.3) is 0 Å². The van der Waals surface area contributed by atoms with Crippen LogP contribution in [-0.2, 0) is 21.9 Å². The van der Waals surface area contributed by atoms with Crippen molar-refractivity contribution in [2.24, 2.45) is 0 Å². The Balaban J connectivity index is 2.11. The average Bonchev–Trinajstić information content (AvgIpc) is 2.69. The van der Waals surface area contributed by atoms with E-state index in [0.717, 1.165) is 5.56 Å². The molecule has 0 fully saturated rings. The number of nitrogens with zero attached hydrogens (tertiary/aromatic N) is 1. The summed E-state index contributed by atoms with van der Waals surface area (Å²) < 4.78 is 14.1. The summed E-state index contributed by atoms with van der Waals surface area (Å²) in [5.41, 5.74) is 1.11. The number of hydrogen-bond donors (Lipinski definition) is 1. The molecule has 156 valence electrons. The third-order valence-electron chi connectivity index (χ3n) is 4.35. The first-order chi connectivity index (χ1) is 13.8. The van der Waals surface area contributed by atoms with Crippen molar-refractivity contribution in [3.8, 4) is 0 Å². The van der Waals surface area contributed by atoms with E-state index in [1.165, 1.54) is 22.7 Å². The molecule has 0 aliphatic carbocycles. The van der Waals surface area contributed by atoms with E-state index >= 15 is 0 Å². The van der Waals surface area contributed by atoms with E-state index in [9.17, 15) is 14.0 Å². The van der Waals surface area contributed by atoms with Crippen LogP contribution in [0.5, 0.6) is 0 Å². The summed E-state index contributed by atoms with van der Waals surface area (Å²) >= 11 is 13.7. The van der Waals surface area contributed by atoms with Crippen molar-refractivity contribution in [3.05, 3.63) is 69.5 Å². The highest BCUT2D eigenvalue weighted by molar-refractivity contribution is 7.99. The molecule has 0 aliphatic heterocycles. The fraction of sp³-hybridized carbons (Fsp3) is 0.333. The van der Waals surface area contributed by atoms with Crippen molar-refractivity contribution < 1.29 is 14.0 Å². The van der Waals surface area contributed by atoms with E-state index < -0.39 is 11.9 Å². The lowest BCUT2D eigenvalue weighted by Gasteiger charge is -2.28. The van der Waals surface area contributed by atoms with Gasteiger partial charge in [-0.1, -0.05) is 47.5 Å². The Hall–Kier alpha value is -1.76. The summed E-state index contributed by atoms with van der Waals surface area (Å²) in [5, 5.41) is 3.79. The van der Waals surface area contributed by atoms with Crippen LogP contribution in [0.25, 0.3) is 0 Å². The van der Waals surface area contributed by atoms with Crippen LogP contribution in [0.1, 0.15) is 25.0 Å². The van der Waals surface area contributed by atoms with E-state index in [-0.39, 0.29) is 24.1 Å². The molecule has 0 aliphatic rings. The van der Waals surface area contributed by atoms with Gasteiger partial charge in [0.05, 0.1) is 5.75 Å². The molecule has 0 heterocycles. The Labute approximate surface area is 184 Å². The molecule has 2 amide bonds. The van der Waals surface area contributed by atoms with E-state index in [2.05, 4.69) is 5.32 Å². The summed E-state index contributed by atoms with van der Waals surface area (Å²) in [4.78, 5) is 26.6. The maximum absolute atomic E-state index is 14.1. The average molecular weight is 457 g/mol. The first-order valence-corrected chi connectivity index (χ1v) is 11.1. The van der Waals surface area contributed by atoms with Crippen molar-refractivity contribution >= 4 is 46.8 Å². The Kier molecular flexibility index (Phi) is 9.27. The number of thioether (sulfide) groups is 1. The maximum atomic E-state index is 14.1. The fourth-order valence-corrected chi connectivity index (χ4v) is 4.36. The number of benzene rings is 2. The number of halogens is 3. The van der Waals surface area contributed by atoms with E-state index in [1.807, 2.05) is 0 Å². The third kappa shape index (κ3) is 6.63. The highest BCUT2D eigenvalue weighted by Crippen LogP contribution is 2.28. The Morgan fingerprint density at radius 3 is 2.41 bits per heavy atom. The quantitative estimate of drug-likeness (QED) is 0.582. The van der Waals surface area contributed by atoms with Crippen LogP contribution in [-0.4, -0.2) is 35.1 Å². The van der Waals surface area contributed by atoms with Gasteiger partial charge in [0.1, 0.15) is 11.9 Å². The number of carbonyl (C=O) groups is 2. The van der Waals surface area contributed by atoms with Gasteiger partial charge >= 0.3 is 0 Å². The number of hydrogen-bond acceptors (Lipinski definition) is 3. The van der Waals surface area contributed by atoms with Crippen LogP contribution in [0, 0.1) is 5.82 Å². The summed E-state index contributed by atoms with van der Waals surface area (Å²) in [6.07, 6.45) is 0. The predicted octanol–water partition coefficient (Wildman–Crippen LogP) is 4.92. The molecule has 0 radical (unpaired) electrons. The number of likely N-dealkylation sites (N-methyl/N-ethyl adjacent to an activating group) is 1. The van der Waals surface area contributed by atoms with Crippen molar-refractivity contribution in [1.29, 1.82) is 0 Å². The molecular weight excluding hydrogens is 434 g/mol.